The summed E-state index contributed by atoms with van der Waals surface area (Å²) < 4.78 is 5.33. The number of aliphatic hydroxyl groups is 1. The summed E-state index contributed by atoms with van der Waals surface area (Å²) in [5.74, 6) is -0.0880. The van der Waals surface area contributed by atoms with Crippen LogP contribution >= 0.6 is 0 Å². The number of ether oxygens (including phenoxy) is 1. The van der Waals surface area contributed by atoms with Crippen molar-refractivity contribution < 1.29 is 14.6 Å². The highest BCUT2D eigenvalue weighted by Gasteiger charge is 2.41. The van der Waals surface area contributed by atoms with Gasteiger partial charge in [-0.05, 0) is 42.4 Å². The van der Waals surface area contributed by atoms with Gasteiger partial charge in [-0.25, -0.2) is 0 Å². The molecule has 0 spiro atoms. The summed E-state index contributed by atoms with van der Waals surface area (Å²) in [5, 5.41) is 9.38. The fourth-order valence-electron chi connectivity index (χ4n) is 3.18. The molecule has 0 radical (unpaired) electrons. The maximum Gasteiger partial charge on any atom is 0.313 e. The van der Waals surface area contributed by atoms with Gasteiger partial charge in [0.2, 0.25) is 0 Å². The normalized spacial score (nSPS) is 20.0. The van der Waals surface area contributed by atoms with Crippen molar-refractivity contribution in [2.45, 2.75) is 38.4 Å². The van der Waals surface area contributed by atoms with E-state index in [1.165, 1.54) is 5.56 Å². The van der Waals surface area contributed by atoms with E-state index in [1.54, 1.807) is 0 Å². The summed E-state index contributed by atoms with van der Waals surface area (Å²) in [6, 6.07) is 18.1. The molecule has 23 heavy (non-hydrogen) atoms. The van der Waals surface area contributed by atoms with E-state index in [0.717, 1.165) is 36.8 Å². The Labute approximate surface area is 136 Å². The zero-order valence-electron chi connectivity index (χ0n) is 13.2. The number of aryl methyl sites for hydroxylation is 2. The van der Waals surface area contributed by atoms with E-state index in [-0.39, 0.29) is 24.6 Å². The van der Waals surface area contributed by atoms with Crippen molar-refractivity contribution in [1.29, 1.82) is 0 Å². The lowest BCUT2D eigenvalue weighted by Gasteiger charge is -2.35. The maximum absolute atomic E-state index is 11.8. The van der Waals surface area contributed by atoms with Gasteiger partial charge < -0.3 is 9.84 Å². The predicted octanol–water partition coefficient (Wildman–Crippen LogP) is 3.29. The van der Waals surface area contributed by atoms with Gasteiger partial charge in [0.25, 0.3) is 0 Å². The number of benzene rings is 2. The predicted molar refractivity (Wildman–Crippen MR) is 88.8 cm³/mol. The van der Waals surface area contributed by atoms with Gasteiger partial charge in [0.1, 0.15) is 6.10 Å². The SMILES string of the molecule is O=C1OC(CCc2ccccc2)C1CCc1ccccc1CO. The van der Waals surface area contributed by atoms with Crippen LogP contribution in [-0.2, 0) is 29.0 Å². The molecule has 2 aromatic carbocycles. The van der Waals surface area contributed by atoms with Gasteiger partial charge in [-0.2, -0.15) is 0 Å². The second kappa shape index (κ2) is 7.42. The van der Waals surface area contributed by atoms with E-state index >= 15 is 0 Å². The highest BCUT2D eigenvalue weighted by Crippen LogP contribution is 2.31. The average molecular weight is 310 g/mol. The molecular weight excluding hydrogens is 288 g/mol. The quantitative estimate of drug-likeness (QED) is 0.798. The van der Waals surface area contributed by atoms with Gasteiger partial charge in [0.15, 0.2) is 0 Å². The average Bonchev–Trinajstić information content (AvgIpc) is 2.59. The summed E-state index contributed by atoms with van der Waals surface area (Å²) >= 11 is 0. The first-order valence-electron chi connectivity index (χ1n) is 8.20. The van der Waals surface area contributed by atoms with Gasteiger partial charge in [-0.15, -0.1) is 0 Å². The molecule has 120 valence electrons. The molecule has 1 heterocycles. The van der Waals surface area contributed by atoms with Crippen LogP contribution in [0, 0.1) is 5.92 Å². The summed E-state index contributed by atoms with van der Waals surface area (Å²) in [7, 11) is 0. The molecule has 0 saturated carbocycles. The van der Waals surface area contributed by atoms with Gasteiger partial charge >= 0.3 is 5.97 Å². The second-order valence-electron chi connectivity index (χ2n) is 6.07. The third-order valence-electron chi connectivity index (χ3n) is 4.59. The van der Waals surface area contributed by atoms with Crippen molar-refractivity contribution in [2.24, 2.45) is 5.92 Å². The summed E-state index contributed by atoms with van der Waals surface area (Å²) in [5.41, 5.74) is 3.34. The van der Waals surface area contributed by atoms with Crippen LogP contribution in [0.15, 0.2) is 54.6 Å². The Bertz CT molecular complexity index is 651. The van der Waals surface area contributed by atoms with Crippen LogP contribution in [0.25, 0.3) is 0 Å². The molecule has 1 aliphatic heterocycles. The second-order valence-corrected chi connectivity index (χ2v) is 6.07. The van der Waals surface area contributed by atoms with E-state index in [2.05, 4.69) is 12.1 Å². The maximum atomic E-state index is 11.8. The molecule has 0 bridgehead atoms. The molecule has 3 nitrogen and oxygen atoms in total. The van der Waals surface area contributed by atoms with Crippen molar-refractivity contribution in [3.05, 3.63) is 71.3 Å². The monoisotopic (exact) mass is 310 g/mol. The molecule has 0 aliphatic carbocycles. The minimum atomic E-state index is -0.0791. The highest BCUT2D eigenvalue weighted by atomic mass is 16.6. The molecule has 1 fully saturated rings. The topological polar surface area (TPSA) is 46.5 Å². The van der Waals surface area contributed by atoms with Crippen LogP contribution in [0.2, 0.25) is 0 Å². The minimum Gasteiger partial charge on any atom is -0.461 e. The summed E-state index contributed by atoms with van der Waals surface area (Å²) in [6.45, 7) is 0.0444. The summed E-state index contributed by atoms with van der Waals surface area (Å²) in [4.78, 5) is 11.8. The molecule has 3 rings (SSSR count). The summed E-state index contributed by atoms with van der Waals surface area (Å²) in [6.07, 6.45) is 3.43. The molecule has 2 aromatic rings. The lowest BCUT2D eigenvalue weighted by molar-refractivity contribution is -0.185. The third-order valence-corrected chi connectivity index (χ3v) is 4.59. The van der Waals surface area contributed by atoms with Crippen LogP contribution in [0.5, 0.6) is 0 Å². The molecule has 2 atom stereocenters. The van der Waals surface area contributed by atoms with Crippen molar-refractivity contribution in [1.82, 2.24) is 0 Å². The lowest BCUT2D eigenvalue weighted by Crippen LogP contribution is -2.45. The number of carbonyl (C=O) groups is 1. The standard InChI is InChI=1S/C20H22O3/c21-14-17-9-5-4-8-16(17)11-12-18-19(23-20(18)22)13-10-15-6-2-1-3-7-15/h1-9,18-19,21H,10-14H2. The van der Waals surface area contributed by atoms with E-state index in [9.17, 15) is 9.90 Å². The number of aliphatic hydroxyl groups excluding tert-OH is 1. The molecule has 3 heteroatoms. The molecule has 0 amide bonds. The minimum absolute atomic E-state index is 0.00883. The Morgan fingerprint density at radius 3 is 2.26 bits per heavy atom. The van der Waals surface area contributed by atoms with Crippen molar-refractivity contribution >= 4 is 5.97 Å². The number of hydrogen-bond acceptors (Lipinski definition) is 3. The van der Waals surface area contributed by atoms with E-state index in [0.29, 0.717) is 0 Å². The van der Waals surface area contributed by atoms with Gasteiger partial charge in [-0.1, -0.05) is 54.6 Å². The van der Waals surface area contributed by atoms with Crippen LogP contribution in [0.4, 0.5) is 0 Å². The van der Waals surface area contributed by atoms with E-state index in [1.807, 2.05) is 42.5 Å². The Morgan fingerprint density at radius 1 is 0.870 bits per heavy atom. The Balaban J connectivity index is 1.53. The van der Waals surface area contributed by atoms with Crippen LogP contribution in [-0.4, -0.2) is 17.2 Å². The molecule has 1 N–H and O–H groups in total. The molecule has 2 unspecified atom stereocenters. The Morgan fingerprint density at radius 2 is 1.57 bits per heavy atom. The van der Waals surface area contributed by atoms with Crippen molar-refractivity contribution in [3.8, 4) is 0 Å². The van der Waals surface area contributed by atoms with E-state index < -0.39 is 0 Å². The Hall–Kier alpha value is -2.13. The van der Waals surface area contributed by atoms with Gasteiger partial charge in [0, 0.05) is 0 Å². The van der Waals surface area contributed by atoms with Gasteiger partial charge in [0.05, 0.1) is 12.5 Å². The molecule has 0 aromatic heterocycles. The first kappa shape index (κ1) is 15.8. The zero-order chi connectivity index (χ0) is 16.1. The number of esters is 1. The fraction of sp³-hybridized carbons (Fsp3) is 0.350. The van der Waals surface area contributed by atoms with Crippen LogP contribution in [0.1, 0.15) is 29.5 Å². The lowest BCUT2D eigenvalue weighted by atomic mass is 9.86. The fourth-order valence-corrected chi connectivity index (χ4v) is 3.18. The van der Waals surface area contributed by atoms with Crippen LogP contribution in [0.3, 0.4) is 0 Å². The smallest absolute Gasteiger partial charge is 0.313 e. The highest BCUT2D eigenvalue weighted by molar-refractivity contribution is 5.78. The molecule has 1 saturated heterocycles. The van der Waals surface area contributed by atoms with Crippen LogP contribution < -0.4 is 0 Å². The number of carbonyl (C=O) groups excluding carboxylic acids is 1. The Kier molecular flexibility index (Phi) is 5.09. The zero-order valence-corrected chi connectivity index (χ0v) is 13.2. The number of cyclic esters (lactones) is 1. The molecular formula is C20H22O3. The number of rotatable bonds is 7. The van der Waals surface area contributed by atoms with Crippen molar-refractivity contribution in [2.75, 3.05) is 0 Å². The molecule has 1 aliphatic rings. The van der Waals surface area contributed by atoms with Gasteiger partial charge in [-0.3, -0.25) is 4.79 Å². The first-order chi connectivity index (χ1) is 11.3. The first-order valence-corrected chi connectivity index (χ1v) is 8.20. The number of hydrogen-bond donors (Lipinski definition) is 1. The third kappa shape index (κ3) is 3.80. The largest absolute Gasteiger partial charge is 0.461 e. The van der Waals surface area contributed by atoms with E-state index in [4.69, 9.17) is 4.74 Å². The van der Waals surface area contributed by atoms with Crippen molar-refractivity contribution in [3.63, 3.8) is 0 Å².